The predicted octanol–water partition coefficient (Wildman–Crippen LogP) is 5.84. The first-order valence-corrected chi connectivity index (χ1v) is 18.6. The Morgan fingerprint density at radius 2 is 1.69 bits per heavy atom. The standard InChI is InChI=1S/C38H63NO6/c1-10-43-30(21(2)3)25-17-22(4)29-31(44-25)32(41)36(8)27-12-11-26-34(5,6)28(45-33(42)24-18-23(40)19-39(24)9)13-14-37(26)20-38(27,37)16-15-35(29,36)7/h21-32,40-41H,10-20H2,1-9H3. The third-order valence-corrected chi connectivity index (χ3v) is 16.2. The Morgan fingerprint density at radius 3 is 2.33 bits per heavy atom. The van der Waals surface area contributed by atoms with Gasteiger partial charge in [-0.2, -0.15) is 0 Å². The van der Waals surface area contributed by atoms with Crippen molar-refractivity contribution in [3.63, 3.8) is 0 Å². The molecule has 2 saturated heterocycles. The topological polar surface area (TPSA) is 88.5 Å². The van der Waals surface area contributed by atoms with Gasteiger partial charge in [0, 0.05) is 30.4 Å². The highest BCUT2D eigenvalue weighted by atomic mass is 16.6. The molecule has 7 rings (SSSR count). The second kappa shape index (κ2) is 10.6. The van der Waals surface area contributed by atoms with Gasteiger partial charge in [-0.3, -0.25) is 9.69 Å². The lowest BCUT2D eigenvalue weighted by Gasteiger charge is -2.63. The van der Waals surface area contributed by atoms with Crippen LogP contribution in [0.25, 0.3) is 0 Å². The molecular weight excluding hydrogens is 566 g/mol. The molecule has 2 N–H and O–H groups in total. The van der Waals surface area contributed by atoms with E-state index < -0.39 is 12.2 Å². The van der Waals surface area contributed by atoms with Crippen molar-refractivity contribution in [2.24, 2.45) is 56.7 Å². The molecule has 0 aromatic heterocycles. The van der Waals surface area contributed by atoms with E-state index in [2.05, 4.69) is 55.4 Å². The minimum Gasteiger partial charge on any atom is -0.461 e. The second-order valence-electron chi connectivity index (χ2n) is 18.5. The average molecular weight is 630 g/mol. The number of aliphatic hydroxyl groups is 2. The third-order valence-electron chi connectivity index (χ3n) is 16.2. The Morgan fingerprint density at radius 1 is 1.00 bits per heavy atom. The van der Waals surface area contributed by atoms with Gasteiger partial charge in [0.1, 0.15) is 12.1 Å². The lowest BCUT2D eigenvalue weighted by atomic mass is 9.41. The first-order valence-electron chi connectivity index (χ1n) is 18.6. The zero-order chi connectivity index (χ0) is 32.5. The number of carbonyl (C=O) groups excluding carboxylic acids is 1. The molecule has 7 aliphatic rings. The number of esters is 1. The molecule has 0 bridgehead atoms. The van der Waals surface area contributed by atoms with Crippen LogP contribution in [0.5, 0.6) is 0 Å². The number of β-amino-alcohol motifs (C(OH)–C–C–N with tert-alkyl or cyclic N) is 1. The van der Waals surface area contributed by atoms with Crippen molar-refractivity contribution >= 4 is 5.97 Å². The molecule has 7 fully saturated rings. The van der Waals surface area contributed by atoms with E-state index in [1.807, 2.05) is 11.9 Å². The van der Waals surface area contributed by atoms with Gasteiger partial charge >= 0.3 is 5.97 Å². The molecule has 0 aromatic carbocycles. The molecule has 45 heavy (non-hydrogen) atoms. The molecule has 0 amide bonds. The summed E-state index contributed by atoms with van der Waals surface area (Å²) in [5.41, 5.74) is 0.325. The van der Waals surface area contributed by atoms with Gasteiger partial charge in [0.15, 0.2) is 0 Å². The fraction of sp³-hybridized carbons (Fsp3) is 0.974. The Labute approximate surface area is 272 Å². The van der Waals surface area contributed by atoms with Crippen molar-refractivity contribution in [2.75, 3.05) is 20.2 Å². The molecule has 7 heteroatoms. The van der Waals surface area contributed by atoms with Gasteiger partial charge in [0.25, 0.3) is 0 Å². The number of aliphatic hydroxyl groups excluding tert-OH is 2. The molecule has 7 nitrogen and oxygen atoms in total. The zero-order valence-corrected chi connectivity index (χ0v) is 29.7. The molecule has 0 aromatic rings. The van der Waals surface area contributed by atoms with Crippen LogP contribution in [-0.2, 0) is 19.0 Å². The van der Waals surface area contributed by atoms with Crippen LogP contribution >= 0.6 is 0 Å². The minimum absolute atomic E-state index is 0.0336. The number of carbonyl (C=O) groups is 1. The van der Waals surface area contributed by atoms with Gasteiger partial charge in [-0.15, -0.1) is 0 Å². The van der Waals surface area contributed by atoms with Crippen LogP contribution in [0.4, 0.5) is 0 Å². The Kier molecular flexibility index (Phi) is 7.75. The number of nitrogens with zero attached hydrogens (tertiary/aromatic N) is 1. The second-order valence-corrected chi connectivity index (χ2v) is 18.5. The summed E-state index contributed by atoms with van der Waals surface area (Å²) >= 11 is 0. The maximum atomic E-state index is 13.3. The van der Waals surface area contributed by atoms with Crippen LogP contribution in [0.3, 0.4) is 0 Å². The van der Waals surface area contributed by atoms with E-state index in [1.54, 1.807) is 0 Å². The minimum atomic E-state index is -0.465. The summed E-state index contributed by atoms with van der Waals surface area (Å²) in [5.74, 6) is 2.08. The monoisotopic (exact) mass is 629 g/mol. The fourth-order valence-electron chi connectivity index (χ4n) is 14.1. The molecule has 2 heterocycles. The summed E-state index contributed by atoms with van der Waals surface area (Å²) in [4.78, 5) is 15.3. The smallest absolute Gasteiger partial charge is 0.323 e. The molecule has 2 aliphatic heterocycles. The van der Waals surface area contributed by atoms with Crippen molar-refractivity contribution in [3.05, 3.63) is 0 Å². The van der Waals surface area contributed by atoms with E-state index in [1.165, 1.54) is 19.3 Å². The summed E-state index contributed by atoms with van der Waals surface area (Å²) in [6, 6.07) is -0.341. The fourth-order valence-corrected chi connectivity index (χ4v) is 14.1. The van der Waals surface area contributed by atoms with Gasteiger partial charge < -0.3 is 24.4 Å². The molecule has 15 atom stereocenters. The third kappa shape index (κ3) is 4.21. The first-order chi connectivity index (χ1) is 21.1. The first kappa shape index (κ1) is 32.8. The number of fused-ring (bicyclic) bond motifs is 4. The SMILES string of the molecule is CCOC(C(C)C)C1CC(C)C2C(O1)C(O)C1(C)C3CCC4C(C)(C)C(OC(=O)C5CC(O)CN5C)CCC45CC35CCC21C. The summed E-state index contributed by atoms with van der Waals surface area (Å²) in [6.45, 7) is 19.9. The van der Waals surface area contributed by atoms with Gasteiger partial charge in [-0.05, 0) is 111 Å². The molecular formula is C38H63NO6. The molecule has 5 aliphatic carbocycles. The van der Waals surface area contributed by atoms with E-state index in [0.29, 0.717) is 49.2 Å². The molecule has 256 valence electrons. The van der Waals surface area contributed by atoms with Crippen LogP contribution in [0.15, 0.2) is 0 Å². The van der Waals surface area contributed by atoms with Crippen LogP contribution in [0, 0.1) is 56.7 Å². The highest BCUT2D eigenvalue weighted by molar-refractivity contribution is 5.76. The Bertz CT molecular complexity index is 1170. The average Bonchev–Trinajstić information content (AvgIpc) is 3.45. The lowest BCUT2D eigenvalue weighted by molar-refractivity contribution is -0.195. The molecule has 5 saturated carbocycles. The maximum absolute atomic E-state index is 13.3. The number of likely N-dealkylation sites (N-methyl/N-ethyl adjacent to an activating group) is 1. The van der Waals surface area contributed by atoms with Crippen LogP contribution < -0.4 is 0 Å². The highest BCUT2D eigenvalue weighted by Gasteiger charge is 2.84. The van der Waals surface area contributed by atoms with Crippen molar-refractivity contribution in [2.45, 2.75) is 156 Å². The van der Waals surface area contributed by atoms with Crippen molar-refractivity contribution in [1.82, 2.24) is 4.90 Å². The zero-order valence-electron chi connectivity index (χ0n) is 29.7. The van der Waals surface area contributed by atoms with Crippen molar-refractivity contribution in [3.8, 4) is 0 Å². The van der Waals surface area contributed by atoms with Gasteiger partial charge in [-0.1, -0.05) is 48.5 Å². The van der Waals surface area contributed by atoms with E-state index in [4.69, 9.17) is 14.2 Å². The van der Waals surface area contributed by atoms with Crippen molar-refractivity contribution in [1.29, 1.82) is 0 Å². The lowest BCUT2D eigenvalue weighted by Crippen LogP contribution is -2.60. The number of likely N-dealkylation sites (tertiary alicyclic amines) is 1. The number of ether oxygens (including phenoxy) is 3. The Hall–Kier alpha value is -0.730. The molecule has 2 spiro atoms. The normalized spacial score (nSPS) is 54.0. The molecule has 15 unspecified atom stereocenters. The summed E-state index contributed by atoms with van der Waals surface area (Å²) in [6.07, 6.45) is 8.44. The van der Waals surface area contributed by atoms with Gasteiger partial charge in [-0.25, -0.2) is 0 Å². The largest absolute Gasteiger partial charge is 0.461 e. The van der Waals surface area contributed by atoms with Crippen molar-refractivity contribution < 1.29 is 29.2 Å². The van der Waals surface area contributed by atoms with E-state index in [-0.39, 0.29) is 63.5 Å². The van der Waals surface area contributed by atoms with E-state index in [0.717, 1.165) is 32.1 Å². The quantitative estimate of drug-likeness (QED) is 0.357. The number of hydrogen-bond acceptors (Lipinski definition) is 7. The predicted molar refractivity (Wildman–Crippen MR) is 173 cm³/mol. The van der Waals surface area contributed by atoms with Crippen LogP contribution in [-0.4, -0.2) is 83.9 Å². The van der Waals surface area contributed by atoms with Crippen LogP contribution in [0.2, 0.25) is 0 Å². The van der Waals surface area contributed by atoms with Crippen LogP contribution in [0.1, 0.15) is 113 Å². The highest BCUT2D eigenvalue weighted by Crippen LogP contribution is 2.89. The maximum Gasteiger partial charge on any atom is 0.323 e. The summed E-state index contributed by atoms with van der Waals surface area (Å²) in [7, 11) is 1.91. The van der Waals surface area contributed by atoms with Gasteiger partial charge in [0.05, 0.1) is 30.5 Å². The van der Waals surface area contributed by atoms with Gasteiger partial charge in [0.2, 0.25) is 0 Å². The molecule has 0 radical (unpaired) electrons. The number of rotatable bonds is 6. The van der Waals surface area contributed by atoms with E-state index in [9.17, 15) is 15.0 Å². The summed E-state index contributed by atoms with van der Waals surface area (Å²) in [5, 5.41) is 22.7. The number of hydrogen-bond donors (Lipinski definition) is 2. The van der Waals surface area contributed by atoms with E-state index >= 15 is 0 Å². The summed E-state index contributed by atoms with van der Waals surface area (Å²) < 4.78 is 19.6. The Balaban J connectivity index is 1.14.